The van der Waals surface area contributed by atoms with E-state index in [9.17, 15) is 0 Å². The van der Waals surface area contributed by atoms with Gasteiger partial charge in [-0.1, -0.05) is 12.1 Å². The lowest BCUT2D eigenvalue weighted by molar-refractivity contribution is 0.289. The Labute approximate surface area is 115 Å². The van der Waals surface area contributed by atoms with E-state index in [2.05, 4.69) is 21.4 Å². The zero-order valence-corrected chi connectivity index (χ0v) is 11.0. The summed E-state index contributed by atoms with van der Waals surface area (Å²) in [6.07, 6.45) is 3.59. The Bertz CT molecular complexity index is 621. The van der Waals surface area contributed by atoms with Crippen molar-refractivity contribution >= 4 is 11.3 Å². The van der Waals surface area contributed by atoms with Gasteiger partial charge in [0.25, 0.3) is 0 Å². The van der Waals surface area contributed by atoms with Crippen LogP contribution in [-0.4, -0.2) is 9.97 Å². The molecule has 3 rings (SSSR count). The molecule has 0 N–H and O–H groups in total. The summed E-state index contributed by atoms with van der Waals surface area (Å²) in [4.78, 5) is 9.72. The van der Waals surface area contributed by atoms with E-state index in [-0.39, 0.29) is 0 Å². The molecule has 0 aliphatic heterocycles. The number of hydrogen-bond donors (Lipinski definition) is 0. The van der Waals surface area contributed by atoms with Gasteiger partial charge in [-0.05, 0) is 29.6 Å². The molecule has 0 amide bonds. The molecule has 0 saturated carbocycles. The second-order valence-corrected chi connectivity index (χ2v) is 4.92. The van der Waals surface area contributed by atoms with Crippen LogP contribution in [0.15, 0.2) is 60.2 Å². The van der Waals surface area contributed by atoms with Crippen molar-refractivity contribution in [2.24, 2.45) is 0 Å². The van der Waals surface area contributed by atoms with Crippen molar-refractivity contribution in [2.45, 2.75) is 6.61 Å². The number of hydrogen-bond acceptors (Lipinski definition) is 4. The fraction of sp³-hybridized carbons (Fsp3) is 0.0667. The molecule has 0 unspecified atom stereocenters. The highest BCUT2D eigenvalue weighted by Crippen LogP contribution is 2.24. The van der Waals surface area contributed by atoms with Crippen molar-refractivity contribution in [3.63, 3.8) is 0 Å². The number of nitrogens with zero attached hydrogens (tertiary/aromatic N) is 2. The predicted molar refractivity (Wildman–Crippen MR) is 76.1 cm³/mol. The van der Waals surface area contributed by atoms with Crippen LogP contribution in [0.5, 0.6) is 5.88 Å². The monoisotopic (exact) mass is 268 g/mol. The van der Waals surface area contributed by atoms with Crippen molar-refractivity contribution in [3.05, 3.63) is 65.9 Å². The molecule has 0 spiro atoms. The van der Waals surface area contributed by atoms with Gasteiger partial charge in [-0.25, -0.2) is 4.98 Å². The highest BCUT2D eigenvalue weighted by molar-refractivity contribution is 7.13. The average Bonchev–Trinajstić information content (AvgIpc) is 3.01. The second kappa shape index (κ2) is 5.63. The molecule has 3 aromatic heterocycles. The van der Waals surface area contributed by atoms with E-state index in [1.165, 1.54) is 4.88 Å². The fourth-order valence-electron chi connectivity index (χ4n) is 1.69. The molecule has 0 atom stereocenters. The molecule has 0 bridgehead atoms. The minimum atomic E-state index is 0.437. The highest BCUT2D eigenvalue weighted by atomic mass is 32.1. The lowest BCUT2D eigenvalue weighted by Crippen LogP contribution is -1.98. The first-order valence-corrected chi connectivity index (χ1v) is 6.82. The number of rotatable bonds is 4. The normalized spacial score (nSPS) is 10.3. The van der Waals surface area contributed by atoms with Gasteiger partial charge in [-0.3, -0.25) is 4.98 Å². The van der Waals surface area contributed by atoms with Crippen LogP contribution in [-0.2, 0) is 6.61 Å². The molecule has 0 fully saturated rings. The molecule has 3 heterocycles. The third kappa shape index (κ3) is 2.98. The average molecular weight is 268 g/mol. The van der Waals surface area contributed by atoms with Gasteiger partial charge in [0.15, 0.2) is 0 Å². The van der Waals surface area contributed by atoms with Gasteiger partial charge in [-0.2, -0.15) is 0 Å². The molecule has 0 aliphatic rings. The zero-order chi connectivity index (χ0) is 12.9. The first-order valence-electron chi connectivity index (χ1n) is 5.94. The van der Waals surface area contributed by atoms with Gasteiger partial charge < -0.3 is 4.74 Å². The maximum absolute atomic E-state index is 5.59. The minimum Gasteiger partial charge on any atom is -0.471 e. The van der Waals surface area contributed by atoms with E-state index in [1.54, 1.807) is 17.5 Å². The first-order chi connectivity index (χ1) is 9.42. The Morgan fingerprint density at radius 1 is 1.00 bits per heavy atom. The fourth-order valence-corrected chi connectivity index (χ4v) is 2.40. The molecule has 3 nitrogen and oxygen atoms in total. The smallest absolute Gasteiger partial charge is 0.213 e. The quantitative estimate of drug-likeness (QED) is 0.722. The van der Waals surface area contributed by atoms with Crippen molar-refractivity contribution < 1.29 is 4.74 Å². The van der Waals surface area contributed by atoms with Crippen LogP contribution in [0, 0.1) is 0 Å². The molecular weight excluding hydrogens is 256 g/mol. The molecule has 0 aliphatic carbocycles. The molecular formula is C15H12N2OS. The Morgan fingerprint density at radius 2 is 2.00 bits per heavy atom. The second-order valence-electron chi connectivity index (χ2n) is 3.97. The molecule has 0 aromatic carbocycles. The number of aromatic nitrogens is 2. The first kappa shape index (κ1) is 11.9. The van der Waals surface area contributed by atoms with Crippen molar-refractivity contribution in [1.82, 2.24) is 9.97 Å². The van der Waals surface area contributed by atoms with Crippen molar-refractivity contribution in [2.75, 3.05) is 0 Å². The van der Waals surface area contributed by atoms with Crippen LogP contribution in [0.1, 0.15) is 5.69 Å². The predicted octanol–water partition coefficient (Wildman–Crippen LogP) is 3.78. The third-order valence-electron chi connectivity index (χ3n) is 2.64. The summed E-state index contributed by atoms with van der Waals surface area (Å²) < 4.78 is 5.59. The third-order valence-corrected chi connectivity index (χ3v) is 3.56. The van der Waals surface area contributed by atoms with Gasteiger partial charge >= 0.3 is 0 Å². The molecule has 94 valence electrons. The molecule has 0 saturated heterocycles. The summed E-state index contributed by atoms with van der Waals surface area (Å²) in [5, 5.41) is 2.06. The largest absolute Gasteiger partial charge is 0.471 e. The van der Waals surface area contributed by atoms with Crippen LogP contribution in [0.3, 0.4) is 0 Å². The lowest BCUT2D eigenvalue weighted by atomic mass is 10.2. The van der Waals surface area contributed by atoms with Crippen LogP contribution < -0.4 is 4.74 Å². The Morgan fingerprint density at radius 3 is 2.68 bits per heavy atom. The van der Waals surface area contributed by atoms with Gasteiger partial charge in [0, 0.05) is 28.9 Å². The SMILES string of the molecule is c1ccc(COc2ccc(-c3cccs3)cn2)nc1. The summed E-state index contributed by atoms with van der Waals surface area (Å²) in [7, 11) is 0. The summed E-state index contributed by atoms with van der Waals surface area (Å²) in [5.41, 5.74) is 2.01. The summed E-state index contributed by atoms with van der Waals surface area (Å²) in [5.74, 6) is 0.617. The Hall–Kier alpha value is -2.20. The van der Waals surface area contributed by atoms with E-state index in [1.807, 2.05) is 42.6 Å². The number of thiophene rings is 1. The molecule has 19 heavy (non-hydrogen) atoms. The van der Waals surface area contributed by atoms with Gasteiger partial charge in [0.1, 0.15) is 6.61 Å². The van der Waals surface area contributed by atoms with Gasteiger partial charge in [-0.15, -0.1) is 11.3 Å². The lowest BCUT2D eigenvalue weighted by Gasteiger charge is -2.05. The molecule has 3 aromatic rings. The maximum atomic E-state index is 5.59. The zero-order valence-electron chi connectivity index (χ0n) is 10.2. The number of pyridine rings is 2. The molecule has 4 heteroatoms. The van der Waals surface area contributed by atoms with E-state index < -0.39 is 0 Å². The Kier molecular flexibility index (Phi) is 3.51. The summed E-state index contributed by atoms with van der Waals surface area (Å²) in [6, 6.07) is 13.8. The van der Waals surface area contributed by atoms with Gasteiger partial charge in [0.2, 0.25) is 5.88 Å². The van der Waals surface area contributed by atoms with E-state index in [0.29, 0.717) is 12.5 Å². The molecule has 0 radical (unpaired) electrons. The van der Waals surface area contributed by atoms with Crippen molar-refractivity contribution in [1.29, 1.82) is 0 Å². The van der Waals surface area contributed by atoms with Crippen LogP contribution in [0.2, 0.25) is 0 Å². The van der Waals surface area contributed by atoms with Gasteiger partial charge in [0.05, 0.1) is 5.69 Å². The van der Waals surface area contributed by atoms with Crippen LogP contribution in [0.25, 0.3) is 10.4 Å². The summed E-state index contributed by atoms with van der Waals surface area (Å²) >= 11 is 1.70. The van der Waals surface area contributed by atoms with Crippen LogP contribution in [0.4, 0.5) is 0 Å². The highest BCUT2D eigenvalue weighted by Gasteiger charge is 2.01. The van der Waals surface area contributed by atoms with E-state index in [4.69, 9.17) is 4.74 Å². The van der Waals surface area contributed by atoms with Crippen LogP contribution >= 0.6 is 11.3 Å². The minimum absolute atomic E-state index is 0.437. The number of ether oxygens (including phenoxy) is 1. The Balaban J connectivity index is 1.67. The maximum Gasteiger partial charge on any atom is 0.213 e. The topological polar surface area (TPSA) is 35.0 Å². The summed E-state index contributed by atoms with van der Waals surface area (Å²) in [6.45, 7) is 0.437. The standard InChI is InChI=1S/C15H12N2OS/c1-2-8-16-13(4-1)11-18-15-7-6-12(10-17-15)14-5-3-9-19-14/h1-10H,11H2. The van der Waals surface area contributed by atoms with E-state index in [0.717, 1.165) is 11.3 Å². The van der Waals surface area contributed by atoms with Crippen molar-refractivity contribution in [3.8, 4) is 16.3 Å². The van der Waals surface area contributed by atoms with E-state index >= 15 is 0 Å².